The van der Waals surface area contributed by atoms with Gasteiger partial charge < -0.3 is 4.42 Å². The Hall–Kier alpha value is -2.35. The van der Waals surface area contributed by atoms with Gasteiger partial charge in [0.15, 0.2) is 5.78 Å². The molecule has 0 aliphatic rings. The molecule has 0 aliphatic carbocycles. The number of hydrogen-bond acceptors (Lipinski definition) is 2. The lowest BCUT2D eigenvalue weighted by atomic mass is 9.95. The zero-order chi connectivity index (χ0) is 14.4. The average molecular weight is 266 g/mol. The van der Waals surface area contributed by atoms with Gasteiger partial charge in [-0.2, -0.15) is 0 Å². The molecule has 0 atom stereocenters. The fourth-order valence-corrected chi connectivity index (χ4v) is 2.06. The highest BCUT2D eigenvalue weighted by molar-refractivity contribution is 6.12. The van der Waals surface area contributed by atoms with Gasteiger partial charge in [0.05, 0.1) is 6.26 Å². The predicted octanol–water partition coefficient (Wildman–Crippen LogP) is 4.90. The first-order chi connectivity index (χ1) is 9.74. The molecule has 0 fully saturated rings. The van der Waals surface area contributed by atoms with E-state index in [0.717, 1.165) is 16.9 Å². The number of Topliss-reactive ketones (excluding diaryl/α,β-unsaturated/α-hetero) is 1. The molecule has 0 saturated carbocycles. The van der Waals surface area contributed by atoms with Crippen molar-refractivity contribution in [2.45, 2.75) is 20.3 Å². The summed E-state index contributed by atoms with van der Waals surface area (Å²) in [5.74, 6) is 0.798. The minimum absolute atomic E-state index is 0.0533. The molecule has 1 aromatic carbocycles. The first-order valence-electron chi connectivity index (χ1n) is 6.68. The van der Waals surface area contributed by atoms with Crippen LogP contribution in [-0.4, -0.2) is 5.78 Å². The number of hydrogen-bond donors (Lipinski definition) is 0. The van der Waals surface area contributed by atoms with Gasteiger partial charge in [0.25, 0.3) is 0 Å². The Kier molecular flexibility index (Phi) is 4.72. The normalized spacial score (nSPS) is 12.5. The summed E-state index contributed by atoms with van der Waals surface area (Å²) in [4.78, 5) is 12.7. The molecule has 1 aromatic heterocycles. The van der Waals surface area contributed by atoms with Crippen molar-refractivity contribution in [3.8, 4) is 0 Å². The number of rotatable bonds is 5. The summed E-state index contributed by atoms with van der Waals surface area (Å²) in [5, 5.41) is 0. The number of carbonyl (C=O) groups excluding carboxylic acids is 1. The maximum absolute atomic E-state index is 12.7. The molecule has 0 aliphatic heterocycles. The number of allylic oxidation sites excluding steroid dienone is 4. The minimum Gasteiger partial charge on any atom is -0.465 e. The quantitative estimate of drug-likeness (QED) is 0.437. The van der Waals surface area contributed by atoms with Crippen molar-refractivity contribution in [2.24, 2.45) is 0 Å². The molecule has 20 heavy (non-hydrogen) atoms. The lowest BCUT2D eigenvalue weighted by Crippen LogP contribution is -2.05. The van der Waals surface area contributed by atoms with Crippen LogP contribution < -0.4 is 0 Å². The molecule has 102 valence electrons. The largest absolute Gasteiger partial charge is 0.465 e. The van der Waals surface area contributed by atoms with E-state index in [0.29, 0.717) is 12.0 Å². The van der Waals surface area contributed by atoms with Gasteiger partial charge in [-0.3, -0.25) is 4.79 Å². The second-order valence-corrected chi connectivity index (χ2v) is 4.55. The van der Waals surface area contributed by atoms with Crippen molar-refractivity contribution in [3.63, 3.8) is 0 Å². The highest BCUT2D eigenvalue weighted by atomic mass is 16.3. The van der Waals surface area contributed by atoms with E-state index < -0.39 is 0 Å². The van der Waals surface area contributed by atoms with E-state index in [2.05, 4.69) is 0 Å². The average Bonchev–Trinajstić information content (AvgIpc) is 3.02. The third-order valence-electron chi connectivity index (χ3n) is 3.21. The van der Waals surface area contributed by atoms with Crippen LogP contribution in [0.5, 0.6) is 0 Å². The Morgan fingerprint density at radius 2 is 1.90 bits per heavy atom. The second kappa shape index (κ2) is 6.71. The monoisotopic (exact) mass is 266 g/mol. The number of benzene rings is 1. The van der Waals surface area contributed by atoms with Crippen LogP contribution in [-0.2, 0) is 0 Å². The summed E-state index contributed by atoms with van der Waals surface area (Å²) in [6, 6.07) is 13.1. The molecule has 0 saturated heterocycles. The lowest BCUT2D eigenvalue weighted by Gasteiger charge is -2.08. The second-order valence-electron chi connectivity index (χ2n) is 4.55. The summed E-state index contributed by atoms with van der Waals surface area (Å²) in [6.45, 7) is 3.88. The Morgan fingerprint density at radius 1 is 1.15 bits per heavy atom. The van der Waals surface area contributed by atoms with Gasteiger partial charge in [0, 0.05) is 11.1 Å². The van der Waals surface area contributed by atoms with Crippen LogP contribution in [0, 0.1) is 0 Å². The van der Waals surface area contributed by atoms with E-state index >= 15 is 0 Å². The summed E-state index contributed by atoms with van der Waals surface area (Å²) >= 11 is 0. The van der Waals surface area contributed by atoms with Gasteiger partial charge in [-0.05, 0) is 38.0 Å². The SMILES string of the molecule is CC=CCC(C(=O)c1ccccc1)=C(C)c1ccco1. The van der Waals surface area contributed by atoms with Gasteiger partial charge >= 0.3 is 0 Å². The smallest absolute Gasteiger partial charge is 0.189 e. The van der Waals surface area contributed by atoms with Crippen LogP contribution in [0.1, 0.15) is 36.4 Å². The highest BCUT2D eigenvalue weighted by Crippen LogP contribution is 2.24. The molecule has 2 nitrogen and oxygen atoms in total. The zero-order valence-corrected chi connectivity index (χ0v) is 11.8. The van der Waals surface area contributed by atoms with Gasteiger partial charge in [-0.25, -0.2) is 0 Å². The molecule has 2 rings (SSSR count). The highest BCUT2D eigenvalue weighted by Gasteiger charge is 2.16. The predicted molar refractivity (Wildman–Crippen MR) is 81.5 cm³/mol. The third-order valence-corrected chi connectivity index (χ3v) is 3.21. The van der Waals surface area contributed by atoms with Crippen molar-refractivity contribution in [3.05, 3.63) is 77.8 Å². The van der Waals surface area contributed by atoms with Gasteiger partial charge in [-0.15, -0.1) is 0 Å². The standard InChI is InChI=1S/C18H18O2/c1-3-4-11-16(14(2)17-12-8-13-20-17)18(19)15-9-6-5-7-10-15/h3-10,12-13H,11H2,1-2H3. The Balaban J connectivity index is 2.43. The molecule has 0 spiro atoms. The maximum Gasteiger partial charge on any atom is 0.189 e. The van der Waals surface area contributed by atoms with E-state index in [1.54, 1.807) is 6.26 Å². The van der Waals surface area contributed by atoms with Gasteiger partial charge in [0.2, 0.25) is 0 Å². The van der Waals surface area contributed by atoms with Crippen LogP contribution in [0.4, 0.5) is 0 Å². The molecule has 2 heteroatoms. The van der Waals surface area contributed by atoms with Crippen molar-refractivity contribution in [1.29, 1.82) is 0 Å². The fourth-order valence-electron chi connectivity index (χ4n) is 2.06. The van der Waals surface area contributed by atoms with Crippen molar-refractivity contribution < 1.29 is 9.21 Å². The molecule has 1 heterocycles. The van der Waals surface area contributed by atoms with Crippen LogP contribution in [0.25, 0.3) is 5.57 Å². The molecule has 2 aromatic rings. The first kappa shape index (κ1) is 14.1. The summed E-state index contributed by atoms with van der Waals surface area (Å²) in [5.41, 5.74) is 2.36. The fraction of sp³-hybridized carbons (Fsp3) is 0.167. The van der Waals surface area contributed by atoms with Crippen LogP contribution >= 0.6 is 0 Å². The third kappa shape index (κ3) is 3.15. The van der Waals surface area contributed by atoms with Crippen molar-refractivity contribution in [1.82, 2.24) is 0 Å². The van der Waals surface area contributed by atoms with E-state index in [9.17, 15) is 4.79 Å². The van der Waals surface area contributed by atoms with Crippen molar-refractivity contribution >= 4 is 11.4 Å². The number of furan rings is 1. The molecule has 0 amide bonds. The Labute approximate surface area is 119 Å². The summed E-state index contributed by atoms with van der Waals surface area (Å²) in [6.07, 6.45) is 6.17. The molecular formula is C18H18O2. The lowest BCUT2D eigenvalue weighted by molar-refractivity contribution is 0.103. The van der Waals surface area contributed by atoms with Gasteiger partial charge in [0.1, 0.15) is 5.76 Å². The molecule has 0 radical (unpaired) electrons. The molecule has 0 unspecified atom stereocenters. The maximum atomic E-state index is 12.7. The number of carbonyl (C=O) groups is 1. The summed E-state index contributed by atoms with van der Waals surface area (Å²) < 4.78 is 5.41. The van der Waals surface area contributed by atoms with E-state index in [4.69, 9.17) is 4.42 Å². The van der Waals surface area contributed by atoms with Crippen LogP contribution in [0.3, 0.4) is 0 Å². The molecule has 0 bridgehead atoms. The zero-order valence-electron chi connectivity index (χ0n) is 11.8. The Morgan fingerprint density at radius 3 is 2.50 bits per heavy atom. The molecule has 0 N–H and O–H groups in total. The number of ketones is 1. The minimum atomic E-state index is 0.0533. The van der Waals surface area contributed by atoms with E-state index in [1.165, 1.54) is 0 Å². The van der Waals surface area contributed by atoms with Gasteiger partial charge in [-0.1, -0.05) is 42.5 Å². The van der Waals surface area contributed by atoms with E-state index in [-0.39, 0.29) is 5.78 Å². The Bertz CT molecular complexity index is 617. The topological polar surface area (TPSA) is 30.2 Å². The first-order valence-corrected chi connectivity index (χ1v) is 6.68. The molecular weight excluding hydrogens is 248 g/mol. The van der Waals surface area contributed by atoms with Crippen molar-refractivity contribution in [2.75, 3.05) is 0 Å². The van der Waals surface area contributed by atoms with Crippen LogP contribution in [0.15, 0.2) is 70.9 Å². The summed E-state index contributed by atoms with van der Waals surface area (Å²) in [7, 11) is 0. The van der Waals surface area contributed by atoms with Crippen LogP contribution in [0.2, 0.25) is 0 Å². The van der Waals surface area contributed by atoms with E-state index in [1.807, 2.05) is 68.5 Å².